The number of nitrogens with one attached hydrogen (secondary N) is 1. The molecule has 0 amide bonds. The van der Waals surface area contributed by atoms with Crippen LogP contribution < -0.4 is 11.1 Å². The summed E-state index contributed by atoms with van der Waals surface area (Å²) in [5.41, 5.74) is 6.48. The highest BCUT2D eigenvalue weighted by atomic mass is 19.1. The minimum absolute atomic E-state index is 0.147. The number of benzene rings is 1. The van der Waals surface area contributed by atoms with Crippen molar-refractivity contribution in [2.75, 3.05) is 11.9 Å². The van der Waals surface area contributed by atoms with Gasteiger partial charge in [-0.2, -0.15) is 0 Å². The summed E-state index contributed by atoms with van der Waals surface area (Å²) in [6.45, 7) is 5.15. The first-order valence-corrected chi connectivity index (χ1v) is 7.79. The molecular formula is C17H27FN2. The largest absolute Gasteiger partial charge is 0.376 e. The Kier molecular flexibility index (Phi) is 5.03. The molecule has 2 unspecified atom stereocenters. The van der Waals surface area contributed by atoms with E-state index in [1.54, 1.807) is 12.1 Å². The monoisotopic (exact) mass is 278 g/mol. The van der Waals surface area contributed by atoms with E-state index >= 15 is 0 Å². The Hall–Kier alpha value is -1.09. The number of anilines is 1. The van der Waals surface area contributed by atoms with Crippen LogP contribution in [0.15, 0.2) is 24.3 Å². The average Bonchev–Trinajstić information content (AvgIpc) is 2.65. The maximum Gasteiger partial charge on any atom is 0.146 e. The molecule has 112 valence electrons. The fraction of sp³-hybridized carbons (Fsp3) is 0.647. The predicted molar refractivity (Wildman–Crippen MR) is 83.2 cm³/mol. The molecule has 0 aliphatic heterocycles. The molecule has 2 nitrogen and oxygen atoms in total. The zero-order chi connectivity index (χ0) is 14.6. The lowest BCUT2D eigenvalue weighted by molar-refractivity contribution is 0.332. The highest BCUT2D eigenvalue weighted by Crippen LogP contribution is 2.36. The molecule has 20 heavy (non-hydrogen) atoms. The van der Waals surface area contributed by atoms with Crippen molar-refractivity contribution in [3.63, 3.8) is 0 Å². The van der Waals surface area contributed by atoms with E-state index in [9.17, 15) is 4.39 Å². The molecule has 1 saturated carbocycles. The zero-order valence-electron chi connectivity index (χ0n) is 12.7. The molecule has 1 aromatic carbocycles. The first-order chi connectivity index (χ1) is 9.56. The van der Waals surface area contributed by atoms with Gasteiger partial charge in [-0.05, 0) is 43.2 Å². The number of nitrogens with two attached hydrogens (primary N) is 1. The molecule has 1 aliphatic carbocycles. The highest BCUT2D eigenvalue weighted by molar-refractivity contribution is 5.47. The fourth-order valence-electron chi connectivity index (χ4n) is 3.33. The maximum atomic E-state index is 13.9. The first-order valence-electron chi connectivity index (χ1n) is 7.79. The van der Waals surface area contributed by atoms with E-state index < -0.39 is 0 Å². The van der Waals surface area contributed by atoms with E-state index in [-0.39, 0.29) is 11.4 Å². The van der Waals surface area contributed by atoms with Gasteiger partial charge in [-0.15, -0.1) is 0 Å². The summed E-state index contributed by atoms with van der Waals surface area (Å²) in [4.78, 5) is 0. The standard InChI is InChI=1S/C17H27FN2/c1-13(2)14-6-5-10-17(12-19,11-9-14)20-16-8-4-3-7-15(16)18/h3-4,7-8,13-14,20H,5-6,9-12,19H2,1-2H3. The molecule has 2 rings (SSSR count). The van der Waals surface area contributed by atoms with Crippen molar-refractivity contribution in [3.8, 4) is 0 Å². The summed E-state index contributed by atoms with van der Waals surface area (Å²) in [5, 5.41) is 3.41. The van der Waals surface area contributed by atoms with Gasteiger partial charge in [0.25, 0.3) is 0 Å². The van der Waals surface area contributed by atoms with Crippen LogP contribution in [-0.2, 0) is 0 Å². The quantitative estimate of drug-likeness (QED) is 0.811. The number of rotatable bonds is 4. The van der Waals surface area contributed by atoms with E-state index in [1.165, 1.54) is 25.3 Å². The lowest BCUT2D eigenvalue weighted by atomic mass is 9.86. The smallest absolute Gasteiger partial charge is 0.146 e. The van der Waals surface area contributed by atoms with Gasteiger partial charge in [0.1, 0.15) is 5.82 Å². The molecule has 0 bridgehead atoms. The van der Waals surface area contributed by atoms with Crippen molar-refractivity contribution in [1.82, 2.24) is 0 Å². The first kappa shape index (κ1) is 15.3. The number of hydrogen-bond donors (Lipinski definition) is 2. The predicted octanol–water partition coefficient (Wildman–Crippen LogP) is 4.17. The second-order valence-corrected chi connectivity index (χ2v) is 6.52. The van der Waals surface area contributed by atoms with Gasteiger partial charge >= 0.3 is 0 Å². The molecule has 0 spiro atoms. The van der Waals surface area contributed by atoms with Crippen LogP contribution in [0.1, 0.15) is 46.0 Å². The van der Waals surface area contributed by atoms with Crippen LogP contribution in [0.4, 0.5) is 10.1 Å². The van der Waals surface area contributed by atoms with Gasteiger partial charge < -0.3 is 11.1 Å². The normalized spacial score (nSPS) is 27.4. The van der Waals surface area contributed by atoms with E-state index in [0.29, 0.717) is 12.2 Å². The van der Waals surface area contributed by atoms with E-state index in [1.807, 2.05) is 6.07 Å². The Morgan fingerprint density at radius 1 is 1.30 bits per heavy atom. The second kappa shape index (κ2) is 6.57. The van der Waals surface area contributed by atoms with Gasteiger partial charge in [0, 0.05) is 12.1 Å². The minimum atomic E-state index is -0.190. The van der Waals surface area contributed by atoms with Crippen LogP contribution in [0.3, 0.4) is 0 Å². The topological polar surface area (TPSA) is 38.0 Å². The van der Waals surface area contributed by atoms with Gasteiger partial charge in [0.15, 0.2) is 0 Å². The van der Waals surface area contributed by atoms with Crippen molar-refractivity contribution in [2.45, 2.75) is 51.5 Å². The third-order valence-electron chi connectivity index (χ3n) is 4.83. The molecule has 0 heterocycles. The third-order valence-corrected chi connectivity index (χ3v) is 4.83. The molecule has 0 aromatic heterocycles. The van der Waals surface area contributed by atoms with Gasteiger partial charge in [-0.1, -0.05) is 38.8 Å². The molecule has 3 heteroatoms. The Balaban J connectivity index is 2.12. The van der Waals surface area contributed by atoms with Crippen molar-refractivity contribution < 1.29 is 4.39 Å². The molecule has 0 saturated heterocycles. The van der Waals surface area contributed by atoms with Crippen LogP contribution >= 0.6 is 0 Å². The summed E-state index contributed by atoms with van der Waals surface area (Å²) in [6, 6.07) is 6.89. The maximum absolute atomic E-state index is 13.9. The summed E-state index contributed by atoms with van der Waals surface area (Å²) in [7, 11) is 0. The fourth-order valence-corrected chi connectivity index (χ4v) is 3.33. The van der Waals surface area contributed by atoms with Crippen molar-refractivity contribution in [2.24, 2.45) is 17.6 Å². The Bertz CT molecular complexity index is 433. The number of para-hydroxylation sites is 1. The lowest BCUT2D eigenvalue weighted by Crippen LogP contribution is -2.45. The summed E-state index contributed by atoms with van der Waals surface area (Å²) in [6.07, 6.45) is 5.66. The van der Waals surface area contributed by atoms with Crippen molar-refractivity contribution in [1.29, 1.82) is 0 Å². The van der Waals surface area contributed by atoms with E-state index in [0.717, 1.165) is 24.7 Å². The SMILES string of the molecule is CC(C)C1CCCC(CN)(Nc2ccccc2F)CC1. The van der Waals surface area contributed by atoms with E-state index in [4.69, 9.17) is 5.73 Å². The van der Waals surface area contributed by atoms with Crippen LogP contribution in [0.5, 0.6) is 0 Å². The lowest BCUT2D eigenvalue weighted by Gasteiger charge is -2.34. The molecule has 2 atom stereocenters. The number of halogens is 1. The van der Waals surface area contributed by atoms with Crippen LogP contribution in [0.25, 0.3) is 0 Å². The molecule has 1 aliphatic rings. The van der Waals surface area contributed by atoms with Crippen molar-refractivity contribution in [3.05, 3.63) is 30.1 Å². The Labute approximate surface area is 121 Å². The second-order valence-electron chi connectivity index (χ2n) is 6.52. The molecule has 1 fully saturated rings. The third kappa shape index (κ3) is 3.51. The van der Waals surface area contributed by atoms with E-state index in [2.05, 4.69) is 19.2 Å². The highest BCUT2D eigenvalue weighted by Gasteiger charge is 2.33. The summed E-state index contributed by atoms with van der Waals surface area (Å²) >= 11 is 0. The molecule has 1 aromatic rings. The van der Waals surface area contributed by atoms with Gasteiger partial charge in [0.05, 0.1) is 5.69 Å². The Morgan fingerprint density at radius 2 is 2.05 bits per heavy atom. The number of hydrogen-bond acceptors (Lipinski definition) is 2. The van der Waals surface area contributed by atoms with Crippen LogP contribution in [-0.4, -0.2) is 12.1 Å². The minimum Gasteiger partial charge on any atom is -0.376 e. The average molecular weight is 278 g/mol. The zero-order valence-corrected chi connectivity index (χ0v) is 12.7. The van der Waals surface area contributed by atoms with Crippen LogP contribution in [0.2, 0.25) is 0 Å². The summed E-state index contributed by atoms with van der Waals surface area (Å²) in [5.74, 6) is 1.30. The molecule has 3 N–H and O–H groups in total. The molecule has 0 radical (unpaired) electrons. The van der Waals surface area contributed by atoms with Crippen molar-refractivity contribution >= 4 is 5.69 Å². The van der Waals surface area contributed by atoms with Gasteiger partial charge in [-0.25, -0.2) is 4.39 Å². The summed E-state index contributed by atoms with van der Waals surface area (Å²) < 4.78 is 13.9. The van der Waals surface area contributed by atoms with Gasteiger partial charge in [-0.3, -0.25) is 0 Å². The van der Waals surface area contributed by atoms with Gasteiger partial charge in [0.2, 0.25) is 0 Å². The van der Waals surface area contributed by atoms with Crippen LogP contribution in [0, 0.1) is 17.7 Å². The Morgan fingerprint density at radius 3 is 2.70 bits per heavy atom. The molecular weight excluding hydrogens is 251 g/mol.